The van der Waals surface area contributed by atoms with E-state index < -0.39 is 27.9 Å². The molecule has 2 fully saturated rings. The Kier molecular flexibility index (Phi) is 4.72. The second-order valence-corrected chi connectivity index (χ2v) is 7.62. The topological polar surface area (TPSA) is 125 Å². The molecule has 2 bridgehead atoms. The number of nitrogens with one attached hydrogen (secondary N) is 3. The van der Waals surface area contributed by atoms with E-state index in [1.165, 1.54) is 0 Å². The van der Waals surface area contributed by atoms with Gasteiger partial charge in [0.1, 0.15) is 0 Å². The lowest BCUT2D eigenvalue weighted by atomic mass is 9.84. The monoisotopic (exact) mass is 319 g/mol. The molecule has 2 aliphatic carbocycles. The average Bonchev–Trinajstić information content (AvgIpc) is 2.94. The van der Waals surface area contributed by atoms with Gasteiger partial charge < -0.3 is 15.7 Å². The van der Waals surface area contributed by atoms with E-state index in [2.05, 4.69) is 15.4 Å². The maximum atomic E-state index is 11.8. The zero-order chi connectivity index (χ0) is 15.6. The second-order valence-electron chi connectivity index (χ2n) is 5.79. The molecule has 4 N–H and O–H groups in total. The van der Waals surface area contributed by atoms with Gasteiger partial charge in [-0.2, -0.15) is 0 Å². The highest BCUT2D eigenvalue weighted by molar-refractivity contribution is 7.88. The van der Waals surface area contributed by atoms with Gasteiger partial charge in [0, 0.05) is 19.1 Å². The van der Waals surface area contributed by atoms with Gasteiger partial charge in [-0.05, 0) is 31.1 Å². The van der Waals surface area contributed by atoms with Crippen molar-refractivity contribution in [1.29, 1.82) is 0 Å². The fourth-order valence-electron chi connectivity index (χ4n) is 3.47. The molecule has 0 aromatic heterocycles. The highest BCUT2D eigenvalue weighted by Crippen LogP contribution is 2.48. The van der Waals surface area contributed by atoms with Gasteiger partial charge in [0.25, 0.3) is 0 Å². The Morgan fingerprint density at radius 3 is 2.48 bits per heavy atom. The van der Waals surface area contributed by atoms with Gasteiger partial charge in [0.05, 0.1) is 12.2 Å². The van der Waals surface area contributed by atoms with E-state index in [1.807, 2.05) is 0 Å². The Morgan fingerprint density at radius 1 is 1.19 bits per heavy atom. The predicted molar refractivity (Wildman–Crippen MR) is 75.1 cm³/mol. The Bertz CT molecular complexity index is 521. The minimum Gasteiger partial charge on any atom is -0.481 e. The van der Waals surface area contributed by atoms with E-state index in [1.54, 1.807) is 0 Å². The number of urea groups is 1. The highest BCUT2D eigenvalue weighted by atomic mass is 32.2. The Labute approximate surface area is 123 Å². The van der Waals surface area contributed by atoms with Crippen LogP contribution in [0.2, 0.25) is 0 Å². The van der Waals surface area contributed by atoms with Crippen LogP contribution in [-0.2, 0) is 14.8 Å². The van der Waals surface area contributed by atoms with Crippen LogP contribution in [0.25, 0.3) is 0 Å². The summed E-state index contributed by atoms with van der Waals surface area (Å²) in [4.78, 5) is 23.1. The Hall–Kier alpha value is -1.35. The fourth-order valence-corrected chi connectivity index (χ4v) is 3.94. The van der Waals surface area contributed by atoms with Crippen LogP contribution in [0, 0.1) is 17.8 Å². The van der Waals surface area contributed by atoms with Crippen molar-refractivity contribution in [3.63, 3.8) is 0 Å². The summed E-state index contributed by atoms with van der Waals surface area (Å²) in [5.74, 6) is -0.976. The minimum absolute atomic E-state index is 0.103. The summed E-state index contributed by atoms with van der Waals surface area (Å²) in [6.45, 7) is 0.253. The number of fused-ring (bicyclic) bond motifs is 2. The van der Waals surface area contributed by atoms with Gasteiger partial charge in [-0.25, -0.2) is 17.9 Å². The molecule has 0 aliphatic heterocycles. The molecule has 0 spiro atoms. The Balaban J connectivity index is 1.78. The van der Waals surface area contributed by atoms with Crippen LogP contribution in [0.5, 0.6) is 0 Å². The van der Waals surface area contributed by atoms with Crippen LogP contribution in [0.4, 0.5) is 4.79 Å². The largest absolute Gasteiger partial charge is 0.481 e. The van der Waals surface area contributed by atoms with Crippen molar-refractivity contribution in [3.8, 4) is 0 Å². The van der Waals surface area contributed by atoms with Crippen LogP contribution in [0.1, 0.15) is 19.3 Å². The molecule has 2 saturated carbocycles. The van der Waals surface area contributed by atoms with E-state index in [0.29, 0.717) is 0 Å². The summed E-state index contributed by atoms with van der Waals surface area (Å²) in [5.41, 5.74) is 0. The van der Waals surface area contributed by atoms with Crippen molar-refractivity contribution in [2.45, 2.75) is 25.3 Å². The third-order valence-electron chi connectivity index (χ3n) is 4.27. The van der Waals surface area contributed by atoms with Gasteiger partial charge in [-0.3, -0.25) is 4.79 Å². The van der Waals surface area contributed by atoms with Gasteiger partial charge in [0.2, 0.25) is 10.0 Å². The number of aliphatic carboxylic acids is 1. The smallest absolute Gasteiger partial charge is 0.315 e. The number of amides is 2. The molecule has 0 aromatic carbocycles. The summed E-state index contributed by atoms with van der Waals surface area (Å²) < 4.78 is 24.0. The molecule has 0 heterocycles. The minimum atomic E-state index is -3.27. The first kappa shape index (κ1) is 16.0. The van der Waals surface area contributed by atoms with Crippen molar-refractivity contribution in [3.05, 3.63) is 0 Å². The van der Waals surface area contributed by atoms with Crippen LogP contribution >= 0.6 is 0 Å². The number of carboxylic acids is 1. The number of rotatable bonds is 6. The molecule has 21 heavy (non-hydrogen) atoms. The molecule has 8 nitrogen and oxygen atoms in total. The first-order chi connectivity index (χ1) is 9.78. The van der Waals surface area contributed by atoms with Crippen LogP contribution < -0.4 is 15.4 Å². The summed E-state index contributed by atoms with van der Waals surface area (Å²) in [6.07, 6.45) is 3.77. The van der Waals surface area contributed by atoms with Crippen molar-refractivity contribution in [2.24, 2.45) is 17.8 Å². The zero-order valence-electron chi connectivity index (χ0n) is 11.8. The molecule has 2 aliphatic rings. The molecule has 120 valence electrons. The van der Waals surface area contributed by atoms with Gasteiger partial charge in [0.15, 0.2) is 0 Å². The third kappa shape index (κ3) is 4.07. The molecular formula is C12H21N3O5S. The third-order valence-corrected chi connectivity index (χ3v) is 5.00. The molecule has 2 rings (SSSR count). The van der Waals surface area contributed by atoms with E-state index >= 15 is 0 Å². The van der Waals surface area contributed by atoms with Crippen molar-refractivity contribution >= 4 is 22.0 Å². The lowest BCUT2D eigenvalue weighted by molar-refractivity contribution is -0.144. The summed E-state index contributed by atoms with van der Waals surface area (Å²) in [7, 11) is -3.27. The SMILES string of the molecule is CS(=O)(=O)NCCNC(=O)NC1C2CCC(C2)C1C(=O)O. The molecule has 0 saturated heterocycles. The fraction of sp³-hybridized carbons (Fsp3) is 0.833. The Morgan fingerprint density at radius 2 is 1.86 bits per heavy atom. The van der Waals surface area contributed by atoms with Crippen molar-refractivity contribution in [2.75, 3.05) is 19.3 Å². The molecule has 9 heteroatoms. The number of hydrogen-bond acceptors (Lipinski definition) is 4. The quantitative estimate of drug-likeness (QED) is 0.484. The molecule has 4 unspecified atom stereocenters. The first-order valence-corrected chi connectivity index (χ1v) is 8.89. The lowest BCUT2D eigenvalue weighted by Gasteiger charge is -2.28. The molecule has 0 aromatic rings. The number of sulfonamides is 1. The number of carboxylic acid groups (broad SMARTS) is 1. The predicted octanol–water partition coefficient (Wildman–Crippen LogP) is -0.666. The average molecular weight is 319 g/mol. The lowest BCUT2D eigenvalue weighted by Crippen LogP contribution is -2.51. The van der Waals surface area contributed by atoms with E-state index in [9.17, 15) is 23.1 Å². The number of carbonyl (C=O) groups is 2. The van der Waals surface area contributed by atoms with Crippen molar-refractivity contribution < 1.29 is 23.1 Å². The van der Waals surface area contributed by atoms with Gasteiger partial charge in [-0.15, -0.1) is 0 Å². The van der Waals surface area contributed by atoms with Crippen LogP contribution in [0.3, 0.4) is 0 Å². The van der Waals surface area contributed by atoms with Gasteiger partial charge >= 0.3 is 12.0 Å². The maximum Gasteiger partial charge on any atom is 0.315 e. The second kappa shape index (κ2) is 6.18. The molecule has 2 amide bonds. The molecular weight excluding hydrogens is 298 g/mol. The standard InChI is InChI=1S/C12H21N3O5S/c1-21(19,20)14-5-4-13-12(18)15-10-8-3-2-7(6-8)9(10)11(16)17/h7-10,14H,2-6H2,1H3,(H,16,17)(H2,13,15,18). The van der Waals surface area contributed by atoms with Crippen LogP contribution in [-0.4, -0.2) is 50.9 Å². The zero-order valence-corrected chi connectivity index (χ0v) is 12.6. The first-order valence-electron chi connectivity index (χ1n) is 7.00. The number of hydrogen-bond donors (Lipinski definition) is 4. The summed E-state index contributed by atoms with van der Waals surface area (Å²) in [6, 6.07) is -0.779. The van der Waals surface area contributed by atoms with Crippen molar-refractivity contribution in [1.82, 2.24) is 15.4 Å². The van der Waals surface area contributed by atoms with E-state index in [-0.39, 0.29) is 31.0 Å². The number of carbonyl (C=O) groups excluding carboxylic acids is 1. The summed E-state index contributed by atoms with van der Waals surface area (Å²) in [5, 5.41) is 14.5. The summed E-state index contributed by atoms with van der Waals surface area (Å²) >= 11 is 0. The normalized spacial score (nSPS) is 31.1. The van der Waals surface area contributed by atoms with Crippen LogP contribution in [0.15, 0.2) is 0 Å². The van der Waals surface area contributed by atoms with Gasteiger partial charge in [-0.1, -0.05) is 0 Å². The van der Waals surface area contributed by atoms with E-state index in [0.717, 1.165) is 25.5 Å². The molecule has 0 radical (unpaired) electrons. The highest BCUT2D eigenvalue weighted by Gasteiger charge is 2.51. The molecule has 4 atom stereocenters. The maximum absolute atomic E-state index is 11.8. The van der Waals surface area contributed by atoms with E-state index in [4.69, 9.17) is 0 Å².